The van der Waals surface area contributed by atoms with Gasteiger partial charge in [-0.2, -0.15) is 0 Å². The van der Waals surface area contributed by atoms with E-state index in [-0.39, 0.29) is 5.97 Å². The van der Waals surface area contributed by atoms with Crippen LogP contribution in [0.3, 0.4) is 0 Å². The van der Waals surface area contributed by atoms with E-state index in [0.717, 1.165) is 36.2 Å². The second-order valence-corrected chi connectivity index (χ2v) is 8.08. The number of aromatic nitrogens is 1. The number of nitrogens with zero attached hydrogens (tertiary/aromatic N) is 1. The summed E-state index contributed by atoms with van der Waals surface area (Å²) >= 11 is 0. The van der Waals surface area contributed by atoms with Crippen LogP contribution in [-0.4, -0.2) is 23.6 Å². The summed E-state index contributed by atoms with van der Waals surface area (Å²) < 4.78 is 7.13. The maximum atomic E-state index is 12.4. The van der Waals surface area contributed by atoms with Gasteiger partial charge in [-0.1, -0.05) is 44.7 Å². The van der Waals surface area contributed by atoms with E-state index in [4.69, 9.17) is 10.5 Å². The summed E-state index contributed by atoms with van der Waals surface area (Å²) in [4.78, 5) is 24.2. The molecule has 1 aliphatic carbocycles. The van der Waals surface area contributed by atoms with Crippen LogP contribution in [0.4, 0.5) is 0 Å². The van der Waals surface area contributed by atoms with Crippen molar-refractivity contribution in [3.8, 4) is 11.1 Å². The highest BCUT2D eigenvalue weighted by molar-refractivity contribution is 6.02. The number of carbonyl (C=O) groups is 2. The Morgan fingerprint density at radius 3 is 2.34 bits per heavy atom. The van der Waals surface area contributed by atoms with E-state index < -0.39 is 5.91 Å². The number of methoxy groups -OCH3 is 1. The fraction of sp³-hybridized carbons (Fsp3) is 0.500. The standard InChI is InChI=1S/C24H32N2O3/c1-4-8-20-22(18-11-13-19(14-12-18)24(28)29-3)21(23(25)27)16(2)26(20)15-17-9-6-5-7-10-17/h11-14,17H,4-10,15H2,1-3H3,(H2,25,27). The molecule has 0 atom stereocenters. The molecule has 0 aliphatic heterocycles. The van der Waals surface area contributed by atoms with Crippen molar-refractivity contribution < 1.29 is 14.3 Å². The molecule has 1 heterocycles. The minimum absolute atomic E-state index is 0.369. The molecule has 1 fully saturated rings. The Hall–Kier alpha value is -2.56. The van der Waals surface area contributed by atoms with Crippen molar-refractivity contribution in [1.29, 1.82) is 0 Å². The zero-order valence-corrected chi connectivity index (χ0v) is 17.8. The monoisotopic (exact) mass is 396 g/mol. The minimum Gasteiger partial charge on any atom is -0.465 e. The first-order valence-electron chi connectivity index (χ1n) is 10.7. The number of carbonyl (C=O) groups excluding carboxylic acids is 2. The first-order valence-corrected chi connectivity index (χ1v) is 10.7. The molecule has 1 aromatic heterocycles. The largest absolute Gasteiger partial charge is 0.465 e. The highest BCUT2D eigenvalue weighted by Gasteiger charge is 2.26. The Morgan fingerprint density at radius 1 is 1.14 bits per heavy atom. The van der Waals surface area contributed by atoms with E-state index in [1.807, 2.05) is 19.1 Å². The van der Waals surface area contributed by atoms with Gasteiger partial charge in [-0.3, -0.25) is 4.79 Å². The topological polar surface area (TPSA) is 74.3 Å². The van der Waals surface area contributed by atoms with E-state index in [0.29, 0.717) is 17.0 Å². The number of rotatable bonds is 7. The fourth-order valence-electron chi connectivity index (χ4n) is 4.67. The molecule has 0 radical (unpaired) electrons. The summed E-state index contributed by atoms with van der Waals surface area (Å²) in [6.45, 7) is 5.11. The third-order valence-electron chi connectivity index (χ3n) is 6.12. The fourth-order valence-corrected chi connectivity index (χ4v) is 4.67. The number of amides is 1. The van der Waals surface area contributed by atoms with Crippen LogP contribution in [0.1, 0.15) is 77.6 Å². The molecule has 1 saturated carbocycles. The number of ether oxygens (including phenoxy) is 1. The lowest BCUT2D eigenvalue weighted by atomic mass is 9.89. The van der Waals surface area contributed by atoms with Gasteiger partial charge in [-0.15, -0.1) is 0 Å². The molecule has 5 heteroatoms. The number of benzene rings is 1. The Bertz CT molecular complexity index is 875. The Morgan fingerprint density at radius 2 is 1.79 bits per heavy atom. The Kier molecular flexibility index (Phi) is 6.78. The second-order valence-electron chi connectivity index (χ2n) is 8.08. The van der Waals surface area contributed by atoms with Gasteiger partial charge in [0.25, 0.3) is 5.91 Å². The highest BCUT2D eigenvalue weighted by Crippen LogP contribution is 2.36. The van der Waals surface area contributed by atoms with Crippen LogP contribution in [0.15, 0.2) is 24.3 Å². The van der Waals surface area contributed by atoms with E-state index in [1.165, 1.54) is 44.9 Å². The Balaban J connectivity index is 2.09. The molecular weight excluding hydrogens is 364 g/mol. The smallest absolute Gasteiger partial charge is 0.337 e. The first kappa shape index (κ1) is 21.2. The van der Waals surface area contributed by atoms with Gasteiger partial charge < -0.3 is 15.0 Å². The lowest BCUT2D eigenvalue weighted by molar-refractivity contribution is 0.0600. The predicted octanol–water partition coefficient (Wildman–Crippen LogP) is 4.88. The van der Waals surface area contributed by atoms with Gasteiger partial charge in [-0.25, -0.2) is 4.79 Å². The Labute approximate surface area is 173 Å². The van der Waals surface area contributed by atoms with Gasteiger partial charge >= 0.3 is 5.97 Å². The quantitative estimate of drug-likeness (QED) is 0.678. The molecule has 1 aliphatic rings. The molecule has 1 aromatic carbocycles. The number of hydrogen-bond donors (Lipinski definition) is 1. The number of esters is 1. The highest BCUT2D eigenvalue weighted by atomic mass is 16.5. The number of nitrogens with two attached hydrogens (primary N) is 1. The van der Waals surface area contributed by atoms with Crippen LogP contribution >= 0.6 is 0 Å². The molecule has 3 rings (SSSR count). The van der Waals surface area contributed by atoms with Gasteiger partial charge in [0.05, 0.1) is 18.2 Å². The molecule has 1 amide bonds. The maximum absolute atomic E-state index is 12.4. The van der Waals surface area contributed by atoms with Crippen molar-refractivity contribution >= 4 is 11.9 Å². The van der Waals surface area contributed by atoms with Gasteiger partial charge in [0.2, 0.25) is 0 Å². The molecule has 156 valence electrons. The van der Waals surface area contributed by atoms with Gasteiger partial charge in [0.15, 0.2) is 0 Å². The van der Waals surface area contributed by atoms with E-state index in [1.54, 1.807) is 12.1 Å². The predicted molar refractivity (Wildman–Crippen MR) is 115 cm³/mol. The molecule has 0 bridgehead atoms. The lowest BCUT2D eigenvalue weighted by Gasteiger charge is -2.24. The van der Waals surface area contributed by atoms with Crippen molar-refractivity contribution in [1.82, 2.24) is 4.57 Å². The summed E-state index contributed by atoms with van der Waals surface area (Å²) in [6, 6.07) is 7.26. The SMILES string of the molecule is CCCc1c(-c2ccc(C(=O)OC)cc2)c(C(N)=O)c(C)n1CC1CCCCC1. The average Bonchev–Trinajstić information content (AvgIpc) is 3.00. The van der Waals surface area contributed by atoms with Crippen molar-refractivity contribution in [3.05, 3.63) is 46.8 Å². The van der Waals surface area contributed by atoms with E-state index in [2.05, 4.69) is 11.5 Å². The average molecular weight is 397 g/mol. The summed E-state index contributed by atoms with van der Waals surface area (Å²) in [5.74, 6) is -0.110. The van der Waals surface area contributed by atoms with Gasteiger partial charge in [0.1, 0.15) is 0 Å². The van der Waals surface area contributed by atoms with Crippen LogP contribution in [0.25, 0.3) is 11.1 Å². The van der Waals surface area contributed by atoms with E-state index >= 15 is 0 Å². The molecule has 0 saturated heterocycles. The normalized spacial score (nSPS) is 14.7. The van der Waals surface area contributed by atoms with Gasteiger partial charge in [0, 0.05) is 23.5 Å². The zero-order chi connectivity index (χ0) is 21.0. The minimum atomic E-state index is -0.394. The summed E-state index contributed by atoms with van der Waals surface area (Å²) in [7, 11) is 1.37. The summed E-state index contributed by atoms with van der Waals surface area (Å²) in [5.41, 5.74) is 10.9. The van der Waals surface area contributed by atoms with Crippen LogP contribution in [0, 0.1) is 12.8 Å². The third-order valence-corrected chi connectivity index (χ3v) is 6.12. The second kappa shape index (κ2) is 9.29. The molecule has 0 unspecified atom stereocenters. The number of primary amides is 1. The van der Waals surface area contributed by atoms with Crippen LogP contribution in [0.5, 0.6) is 0 Å². The van der Waals surface area contributed by atoms with Crippen molar-refractivity contribution in [2.45, 2.75) is 65.3 Å². The van der Waals surface area contributed by atoms with Crippen molar-refractivity contribution in [3.63, 3.8) is 0 Å². The van der Waals surface area contributed by atoms with Crippen LogP contribution in [0.2, 0.25) is 0 Å². The molecule has 2 N–H and O–H groups in total. The summed E-state index contributed by atoms with van der Waals surface area (Å²) in [5, 5.41) is 0. The number of hydrogen-bond acceptors (Lipinski definition) is 3. The first-order chi connectivity index (χ1) is 14.0. The van der Waals surface area contributed by atoms with Gasteiger partial charge in [-0.05, 0) is 49.8 Å². The van der Waals surface area contributed by atoms with E-state index in [9.17, 15) is 9.59 Å². The molecule has 0 spiro atoms. The van der Waals surface area contributed by atoms with Crippen molar-refractivity contribution in [2.24, 2.45) is 11.7 Å². The van der Waals surface area contributed by atoms with Crippen LogP contribution in [-0.2, 0) is 17.7 Å². The van der Waals surface area contributed by atoms with Crippen LogP contribution < -0.4 is 5.73 Å². The maximum Gasteiger partial charge on any atom is 0.337 e. The molecule has 29 heavy (non-hydrogen) atoms. The lowest BCUT2D eigenvalue weighted by Crippen LogP contribution is -2.18. The zero-order valence-electron chi connectivity index (χ0n) is 17.8. The molecule has 5 nitrogen and oxygen atoms in total. The third kappa shape index (κ3) is 4.39. The molecular formula is C24H32N2O3. The molecule has 2 aromatic rings. The summed E-state index contributed by atoms with van der Waals surface area (Å²) in [6.07, 6.45) is 8.27. The van der Waals surface area contributed by atoms with Crippen molar-refractivity contribution in [2.75, 3.05) is 7.11 Å².